The van der Waals surface area contributed by atoms with E-state index < -0.39 is 5.92 Å². The quantitative estimate of drug-likeness (QED) is 0.756. The fourth-order valence-corrected chi connectivity index (χ4v) is 3.06. The topological polar surface area (TPSA) is 3.24 Å². The van der Waals surface area contributed by atoms with Crippen LogP contribution in [0.15, 0.2) is 30.3 Å². The van der Waals surface area contributed by atoms with E-state index in [0.29, 0.717) is 18.3 Å². The highest BCUT2D eigenvalue weighted by atomic mass is 35.5. The Hall–Kier alpha value is -0.670. The molecule has 1 aliphatic heterocycles. The Morgan fingerprint density at radius 2 is 2.00 bits per heavy atom. The Labute approximate surface area is 112 Å². The summed E-state index contributed by atoms with van der Waals surface area (Å²) in [4.78, 5) is 1.82. The van der Waals surface area contributed by atoms with Crippen molar-refractivity contribution < 1.29 is 8.78 Å². The first-order valence-electron chi connectivity index (χ1n) is 6.28. The third-order valence-electron chi connectivity index (χ3n) is 3.75. The first-order valence-corrected chi connectivity index (χ1v) is 6.81. The van der Waals surface area contributed by atoms with E-state index in [0.717, 1.165) is 6.42 Å². The van der Waals surface area contributed by atoms with Crippen LogP contribution >= 0.6 is 11.6 Å². The van der Waals surface area contributed by atoms with E-state index in [1.165, 1.54) is 12.1 Å². The third-order valence-corrected chi connectivity index (χ3v) is 4.07. The van der Waals surface area contributed by atoms with Crippen LogP contribution < -0.4 is 0 Å². The second-order valence-electron chi connectivity index (χ2n) is 5.03. The van der Waals surface area contributed by atoms with Crippen molar-refractivity contribution in [3.63, 3.8) is 0 Å². The SMILES string of the molecule is CC1CCN(CC(F)(F)c2ccccc2)C1CCl. The number of halogens is 3. The summed E-state index contributed by atoms with van der Waals surface area (Å²) in [6.07, 6.45) is 0.947. The number of hydrogen-bond acceptors (Lipinski definition) is 1. The van der Waals surface area contributed by atoms with Crippen LogP contribution in [0, 0.1) is 5.92 Å². The van der Waals surface area contributed by atoms with E-state index in [2.05, 4.69) is 6.92 Å². The van der Waals surface area contributed by atoms with Crippen molar-refractivity contribution in [3.05, 3.63) is 35.9 Å². The normalized spacial score (nSPS) is 25.6. The van der Waals surface area contributed by atoms with Crippen LogP contribution in [0.2, 0.25) is 0 Å². The molecule has 100 valence electrons. The molecule has 0 radical (unpaired) electrons. The van der Waals surface area contributed by atoms with Gasteiger partial charge in [-0.15, -0.1) is 11.6 Å². The number of benzene rings is 1. The average molecular weight is 274 g/mol. The summed E-state index contributed by atoms with van der Waals surface area (Å²) in [6, 6.07) is 8.08. The molecule has 1 aliphatic rings. The molecule has 0 N–H and O–H groups in total. The number of alkyl halides is 3. The smallest absolute Gasteiger partial charge is 0.285 e. The van der Waals surface area contributed by atoms with Crippen molar-refractivity contribution in [2.45, 2.75) is 25.3 Å². The number of hydrogen-bond donors (Lipinski definition) is 0. The van der Waals surface area contributed by atoms with Gasteiger partial charge in [-0.1, -0.05) is 37.3 Å². The maximum atomic E-state index is 14.2. The lowest BCUT2D eigenvalue weighted by Gasteiger charge is -2.29. The van der Waals surface area contributed by atoms with E-state index >= 15 is 0 Å². The molecule has 1 fully saturated rings. The maximum absolute atomic E-state index is 14.2. The van der Waals surface area contributed by atoms with Gasteiger partial charge >= 0.3 is 0 Å². The Kier molecular flexibility index (Phi) is 4.23. The molecule has 2 unspecified atom stereocenters. The van der Waals surface area contributed by atoms with Gasteiger partial charge in [-0.25, -0.2) is 0 Å². The molecule has 1 saturated heterocycles. The molecule has 0 bridgehead atoms. The van der Waals surface area contributed by atoms with E-state index in [4.69, 9.17) is 11.6 Å². The second-order valence-corrected chi connectivity index (χ2v) is 5.34. The van der Waals surface area contributed by atoms with Gasteiger partial charge in [0.25, 0.3) is 5.92 Å². The van der Waals surface area contributed by atoms with Crippen LogP contribution in [0.4, 0.5) is 8.78 Å². The van der Waals surface area contributed by atoms with Crippen molar-refractivity contribution in [1.29, 1.82) is 0 Å². The van der Waals surface area contributed by atoms with Crippen molar-refractivity contribution >= 4 is 11.6 Å². The molecule has 2 rings (SSSR count). The zero-order valence-corrected chi connectivity index (χ0v) is 11.2. The predicted octanol–water partition coefficient (Wildman–Crippen LogP) is 3.73. The van der Waals surface area contributed by atoms with Crippen molar-refractivity contribution in [3.8, 4) is 0 Å². The van der Waals surface area contributed by atoms with E-state index in [1.807, 2.05) is 4.90 Å². The lowest BCUT2D eigenvalue weighted by atomic mass is 10.0. The standard InChI is InChI=1S/C14H18ClF2N/c1-11-7-8-18(13(11)9-15)10-14(16,17)12-5-3-2-4-6-12/h2-6,11,13H,7-10H2,1H3. The number of nitrogens with zero attached hydrogens (tertiary/aromatic N) is 1. The molecule has 4 heteroatoms. The van der Waals surface area contributed by atoms with Gasteiger partial charge < -0.3 is 0 Å². The molecule has 0 spiro atoms. The summed E-state index contributed by atoms with van der Waals surface area (Å²) >= 11 is 5.89. The van der Waals surface area contributed by atoms with Crippen molar-refractivity contribution in [2.75, 3.05) is 19.0 Å². The molecule has 0 amide bonds. The summed E-state index contributed by atoms with van der Waals surface area (Å²) in [7, 11) is 0. The largest absolute Gasteiger partial charge is 0.293 e. The monoisotopic (exact) mass is 273 g/mol. The molecule has 1 nitrogen and oxygen atoms in total. The van der Waals surface area contributed by atoms with Crippen LogP contribution in [0.5, 0.6) is 0 Å². The summed E-state index contributed by atoms with van der Waals surface area (Å²) in [5.41, 5.74) is 0.0814. The summed E-state index contributed by atoms with van der Waals surface area (Å²) in [5, 5.41) is 0. The molecule has 2 atom stereocenters. The van der Waals surface area contributed by atoms with Crippen LogP contribution in [0.3, 0.4) is 0 Å². The summed E-state index contributed by atoms with van der Waals surface area (Å²) < 4.78 is 28.3. The minimum atomic E-state index is -2.81. The van der Waals surface area contributed by atoms with Gasteiger partial charge in [-0.05, 0) is 18.9 Å². The zero-order chi connectivity index (χ0) is 13.2. The highest BCUT2D eigenvalue weighted by Gasteiger charge is 2.39. The minimum Gasteiger partial charge on any atom is -0.293 e. The van der Waals surface area contributed by atoms with E-state index in [9.17, 15) is 8.78 Å². The van der Waals surface area contributed by atoms with Crippen LogP contribution in [0.1, 0.15) is 18.9 Å². The minimum absolute atomic E-state index is 0.0706. The second kappa shape index (κ2) is 5.54. The molecule has 1 heterocycles. The van der Waals surface area contributed by atoms with Crippen molar-refractivity contribution in [2.24, 2.45) is 5.92 Å². The molecule has 0 aromatic heterocycles. The molecule has 0 aliphatic carbocycles. The lowest BCUT2D eigenvalue weighted by molar-refractivity contribution is -0.0406. The number of rotatable bonds is 4. The van der Waals surface area contributed by atoms with Gasteiger partial charge in [0.15, 0.2) is 0 Å². The Bertz CT molecular complexity index is 383. The van der Waals surface area contributed by atoms with Gasteiger partial charge in [-0.2, -0.15) is 8.78 Å². The van der Waals surface area contributed by atoms with Crippen LogP contribution in [-0.4, -0.2) is 29.9 Å². The molecule has 18 heavy (non-hydrogen) atoms. The average Bonchev–Trinajstić information content (AvgIpc) is 2.70. The van der Waals surface area contributed by atoms with Gasteiger partial charge in [0.05, 0.1) is 6.54 Å². The Morgan fingerprint density at radius 3 is 2.61 bits per heavy atom. The predicted molar refractivity (Wildman–Crippen MR) is 70.2 cm³/mol. The fraction of sp³-hybridized carbons (Fsp3) is 0.571. The Balaban J connectivity index is 2.09. The summed E-state index contributed by atoms with van der Waals surface area (Å²) in [6.45, 7) is 2.55. The summed E-state index contributed by atoms with van der Waals surface area (Å²) in [5.74, 6) is -1.99. The first kappa shape index (κ1) is 13.8. The highest BCUT2D eigenvalue weighted by molar-refractivity contribution is 6.18. The number of likely N-dealkylation sites (tertiary alicyclic amines) is 1. The first-order chi connectivity index (χ1) is 8.54. The van der Waals surface area contributed by atoms with Crippen LogP contribution in [-0.2, 0) is 5.92 Å². The zero-order valence-electron chi connectivity index (χ0n) is 10.5. The molecule has 1 aromatic rings. The molecular weight excluding hydrogens is 256 g/mol. The van der Waals surface area contributed by atoms with Gasteiger partial charge in [0.1, 0.15) is 0 Å². The molecular formula is C14H18ClF2N. The van der Waals surface area contributed by atoms with Gasteiger partial charge in [-0.3, -0.25) is 4.90 Å². The highest BCUT2D eigenvalue weighted by Crippen LogP contribution is 2.33. The van der Waals surface area contributed by atoms with Crippen molar-refractivity contribution in [1.82, 2.24) is 4.90 Å². The Morgan fingerprint density at radius 1 is 1.33 bits per heavy atom. The van der Waals surface area contributed by atoms with Crippen LogP contribution in [0.25, 0.3) is 0 Å². The fourth-order valence-electron chi connectivity index (χ4n) is 2.56. The van der Waals surface area contributed by atoms with E-state index in [-0.39, 0.29) is 18.2 Å². The lowest BCUT2D eigenvalue weighted by Crippen LogP contribution is -2.40. The van der Waals surface area contributed by atoms with Gasteiger partial charge in [0.2, 0.25) is 0 Å². The van der Waals surface area contributed by atoms with Gasteiger partial charge in [0, 0.05) is 17.5 Å². The third kappa shape index (κ3) is 2.83. The maximum Gasteiger partial charge on any atom is 0.285 e. The van der Waals surface area contributed by atoms with E-state index in [1.54, 1.807) is 18.2 Å². The molecule has 0 saturated carbocycles. The molecule has 1 aromatic carbocycles.